The van der Waals surface area contributed by atoms with Gasteiger partial charge in [-0.25, -0.2) is 4.68 Å². The fourth-order valence-electron chi connectivity index (χ4n) is 1.46. The smallest absolute Gasteiger partial charge is 0.230 e. The Kier molecular flexibility index (Phi) is 6.40. The van der Waals surface area contributed by atoms with Crippen LogP contribution in [0.15, 0.2) is 22.7 Å². The van der Waals surface area contributed by atoms with E-state index in [1.807, 2.05) is 11.8 Å². The molecule has 0 spiro atoms. The van der Waals surface area contributed by atoms with Gasteiger partial charge in [0, 0.05) is 22.9 Å². The molecule has 0 fully saturated rings. The minimum absolute atomic E-state index is 0.0163. The SMILES string of the molecule is Cc1nnc(SCC(=O)NCCSCc2cccs2)n1N. The van der Waals surface area contributed by atoms with Crippen molar-refractivity contribution in [2.24, 2.45) is 0 Å². The first-order valence-corrected chi connectivity index (χ1v) is 9.35. The first-order chi connectivity index (χ1) is 10.2. The molecular weight excluding hydrogens is 326 g/mol. The second kappa shape index (κ2) is 8.30. The number of amides is 1. The maximum atomic E-state index is 11.7. The van der Waals surface area contributed by atoms with Crippen molar-refractivity contribution in [3.63, 3.8) is 0 Å². The van der Waals surface area contributed by atoms with Crippen LogP contribution in [0.4, 0.5) is 0 Å². The summed E-state index contributed by atoms with van der Waals surface area (Å²) in [6.07, 6.45) is 0. The lowest BCUT2D eigenvalue weighted by Crippen LogP contribution is -2.27. The van der Waals surface area contributed by atoms with Crippen LogP contribution in [0.3, 0.4) is 0 Å². The fourth-order valence-corrected chi connectivity index (χ4v) is 3.89. The van der Waals surface area contributed by atoms with Crippen molar-refractivity contribution >= 4 is 40.8 Å². The van der Waals surface area contributed by atoms with Crippen LogP contribution in [0.5, 0.6) is 0 Å². The highest BCUT2D eigenvalue weighted by Crippen LogP contribution is 2.16. The summed E-state index contributed by atoms with van der Waals surface area (Å²) in [6.45, 7) is 2.44. The molecule has 0 bridgehead atoms. The summed E-state index contributed by atoms with van der Waals surface area (Å²) in [5, 5.41) is 13.2. The molecule has 2 heterocycles. The van der Waals surface area contributed by atoms with Gasteiger partial charge in [-0.3, -0.25) is 4.79 Å². The number of thiophene rings is 1. The maximum absolute atomic E-state index is 11.7. The van der Waals surface area contributed by atoms with Gasteiger partial charge >= 0.3 is 0 Å². The lowest BCUT2D eigenvalue weighted by molar-refractivity contribution is -0.118. The Bertz CT molecular complexity index is 569. The molecule has 114 valence electrons. The Hall–Kier alpha value is -1.19. The highest BCUT2D eigenvalue weighted by Gasteiger charge is 2.09. The van der Waals surface area contributed by atoms with E-state index in [1.54, 1.807) is 18.3 Å². The van der Waals surface area contributed by atoms with Crippen molar-refractivity contribution in [2.45, 2.75) is 17.8 Å². The van der Waals surface area contributed by atoms with Crippen molar-refractivity contribution in [2.75, 3.05) is 23.9 Å². The van der Waals surface area contributed by atoms with Crippen molar-refractivity contribution < 1.29 is 4.79 Å². The number of carbonyl (C=O) groups is 1. The number of carbonyl (C=O) groups excluding carboxylic acids is 1. The number of aryl methyl sites for hydroxylation is 1. The average molecular weight is 344 g/mol. The van der Waals surface area contributed by atoms with Crippen LogP contribution in [-0.4, -0.2) is 38.8 Å². The van der Waals surface area contributed by atoms with Gasteiger partial charge in [-0.2, -0.15) is 11.8 Å². The number of nitrogen functional groups attached to an aromatic ring is 1. The van der Waals surface area contributed by atoms with Crippen molar-refractivity contribution in [1.82, 2.24) is 20.2 Å². The lowest BCUT2D eigenvalue weighted by atomic mass is 10.5. The molecule has 0 atom stereocenters. The summed E-state index contributed by atoms with van der Waals surface area (Å²) in [7, 11) is 0. The number of hydrogen-bond acceptors (Lipinski definition) is 7. The molecule has 1 amide bonds. The molecule has 0 radical (unpaired) electrons. The molecule has 21 heavy (non-hydrogen) atoms. The second-order valence-corrected chi connectivity index (χ2v) is 7.25. The van der Waals surface area contributed by atoms with Gasteiger partial charge < -0.3 is 11.2 Å². The number of nitrogens with one attached hydrogen (secondary N) is 1. The Morgan fingerprint density at radius 1 is 1.52 bits per heavy atom. The normalized spacial score (nSPS) is 10.7. The zero-order chi connectivity index (χ0) is 15.1. The van der Waals surface area contributed by atoms with Gasteiger partial charge in [-0.15, -0.1) is 21.5 Å². The van der Waals surface area contributed by atoms with E-state index >= 15 is 0 Å². The Labute approximate surface area is 135 Å². The van der Waals surface area contributed by atoms with Crippen LogP contribution in [-0.2, 0) is 10.5 Å². The molecule has 2 aromatic heterocycles. The number of nitrogens with zero attached hydrogens (tertiary/aromatic N) is 3. The minimum Gasteiger partial charge on any atom is -0.355 e. The molecule has 0 aliphatic heterocycles. The summed E-state index contributed by atoms with van der Waals surface area (Å²) in [5.74, 6) is 8.52. The highest BCUT2D eigenvalue weighted by atomic mass is 32.2. The number of nitrogens with two attached hydrogens (primary N) is 1. The van der Waals surface area contributed by atoms with Crippen LogP contribution in [0.2, 0.25) is 0 Å². The molecule has 6 nitrogen and oxygen atoms in total. The molecular formula is C12H17N5OS3. The summed E-state index contributed by atoms with van der Waals surface area (Å²) in [5.41, 5.74) is 0. The van der Waals surface area contributed by atoms with Crippen molar-refractivity contribution in [1.29, 1.82) is 0 Å². The number of rotatable bonds is 8. The van der Waals surface area contributed by atoms with E-state index in [9.17, 15) is 4.79 Å². The first-order valence-electron chi connectivity index (χ1n) is 6.33. The molecule has 2 rings (SSSR count). The van der Waals surface area contributed by atoms with Crippen LogP contribution in [0, 0.1) is 6.92 Å². The molecule has 0 saturated carbocycles. The molecule has 0 saturated heterocycles. The molecule has 2 aromatic rings. The molecule has 3 N–H and O–H groups in total. The molecule has 0 aliphatic rings. The number of hydrogen-bond donors (Lipinski definition) is 2. The van der Waals surface area contributed by atoms with E-state index in [-0.39, 0.29) is 5.91 Å². The first kappa shape index (κ1) is 16.2. The van der Waals surface area contributed by atoms with Crippen molar-refractivity contribution in [3.05, 3.63) is 28.2 Å². The van der Waals surface area contributed by atoms with Gasteiger partial charge in [0.05, 0.1) is 5.75 Å². The minimum atomic E-state index is -0.0163. The Morgan fingerprint density at radius 2 is 2.38 bits per heavy atom. The predicted octanol–water partition coefficient (Wildman–Crippen LogP) is 1.50. The summed E-state index contributed by atoms with van der Waals surface area (Å²) < 4.78 is 1.38. The Morgan fingerprint density at radius 3 is 3.05 bits per heavy atom. The van der Waals surface area contributed by atoms with Gasteiger partial charge in [0.1, 0.15) is 5.82 Å². The van der Waals surface area contributed by atoms with Crippen molar-refractivity contribution in [3.8, 4) is 0 Å². The van der Waals surface area contributed by atoms with Gasteiger partial charge in [-0.05, 0) is 18.4 Å². The summed E-state index contributed by atoms with van der Waals surface area (Å²) in [6, 6.07) is 4.18. The summed E-state index contributed by atoms with van der Waals surface area (Å²) >= 11 is 4.86. The third-order valence-electron chi connectivity index (χ3n) is 2.56. The number of thioether (sulfide) groups is 2. The van der Waals surface area contributed by atoms with Gasteiger partial charge in [-0.1, -0.05) is 17.8 Å². The lowest BCUT2D eigenvalue weighted by Gasteiger charge is -2.04. The number of aromatic nitrogens is 3. The molecule has 0 unspecified atom stereocenters. The van der Waals surface area contributed by atoms with Crippen LogP contribution in [0.1, 0.15) is 10.7 Å². The van der Waals surface area contributed by atoms with E-state index in [0.717, 1.165) is 11.5 Å². The third kappa shape index (κ3) is 5.25. The topological polar surface area (TPSA) is 85.8 Å². The average Bonchev–Trinajstić information content (AvgIpc) is 3.09. The van der Waals surface area contributed by atoms with E-state index < -0.39 is 0 Å². The second-order valence-electron chi connectivity index (χ2n) is 4.17. The van der Waals surface area contributed by atoms with E-state index in [1.165, 1.54) is 21.3 Å². The molecule has 9 heteroatoms. The third-order valence-corrected chi connectivity index (χ3v) is 5.57. The van der Waals surface area contributed by atoms with E-state index in [4.69, 9.17) is 5.84 Å². The molecule has 0 aromatic carbocycles. The maximum Gasteiger partial charge on any atom is 0.230 e. The standard InChI is InChI=1S/C12H17N5OS3/c1-9-15-16-12(17(9)13)21-8-11(18)14-4-6-19-7-10-3-2-5-20-10/h2-3,5H,4,6-8,13H2,1H3,(H,14,18). The van der Waals surface area contributed by atoms with Gasteiger partial charge in [0.15, 0.2) is 0 Å². The van der Waals surface area contributed by atoms with Crippen LogP contribution in [0.25, 0.3) is 0 Å². The predicted molar refractivity (Wildman–Crippen MR) is 89.1 cm³/mol. The van der Waals surface area contributed by atoms with Gasteiger partial charge in [0.25, 0.3) is 0 Å². The van der Waals surface area contributed by atoms with E-state index in [2.05, 4.69) is 33.0 Å². The van der Waals surface area contributed by atoms with E-state index in [0.29, 0.717) is 23.3 Å². The monoisotopic (exact) mass is 343 g/mol. The quantitative estimate of drug-likeness (QED) is 0.429. The highest BCUT2D eigenvalue weighted by molar-refractivity contribution is 7.99. The zero-order valence-electron chi connectivity index (χ0n) is 11.6. The Balaban J connectivity index is 1.56. The van der Waals surface area contributed by atoms with Crippen LogP contribution < -0.4 is 11.2 Å². The fraction of sp³-hybridized carbons (Fsp3) is 0.417. The van der Waals surface area contributed by atoms with Gasteiger partial charge in [0.2, 0.25) is 11.1 Å². The largest absolute Gasteiger partial charge is 0.355 e. The zero-order valence-corrected chi connectivity index (χ0v) is 14.1. The summed E-state index contributed by atoms with van der Waals surface area (Å²) in [4.78, 5) is 13.0. The van der Waals surface area contributed by atoms with Crippen LogP contribution >= 0.6 is 34.9 Å². The molecule has 0 aliphatic carbocycles.